The Bertz CT molecular complexity index is 803. The number of allylic oxidation sites excluding steroid dienone is 1. The Morgan fingerprint density at radius 2 is 1.88 bits per heavy atom. The minimum Gasteiger partial charge on any atom is -0.386 e. The van der Waals surface area contributed by atoms with Gasteiger partial charge in [-0.1, -0.05) is 24.6 Å². The average molecular weight is 472 g/mol. The van der Waals surface area contributed by atoms with Crippen molar-refractivity contribution in [2.75, 3.05) is 53.1 Å². The first kappa shape index (κ1) is 26.3. The van der Waals surface area contributed by atoms with E-state index in [2.05, 4.69) is 79.3 Å². The van der Waals surface area contributed by atoms with Gasteiger partial charge in [-0.2, -0.15) is 0 Å². The summed E-state index contributed by atoms with van der Waals surface area (Å²) in [4.78, 5) is 9.86. The Kier molecular flexibility index (Phi) is 9.45. The van der Waals surface area contributed by atoms with Crippen LogP contribution in [0.2, 0.25) is 0 Å². The fourth-order valence-electron chi connectivity index (χ4n) is 4.98. The van der Waals surface area contributed by atoms with Crippen molar-refractivity contribution in [3.8, 4) is 0 Å². The third kappa shape index (κ3) is 7.08. The fourth-order valence-corrected chi connectivity index (χ4v) is 5.56. The number of aromatic nitrogens is 1. The van der Waals surface area contributed by atoms with E-state index in [4.69, 9.17) is 4.98 Å². The van der Waals surface area contributed by atoms with Gasteiger partial charge in [0.15, 0.2) is 0 Å². The quantitative estimate of drug-likeness (QED) is 0.514. The maximum atomic E-state index is 4.90. The van der Waals surface area contributed by atoms with Crippen LogP contribution in [0.3, 0.4) is 0 Å². The summed E-state index contributed by atoms with van der Waals surface area (Å²) in [5.74, 6) is 0.507. The molecular weight excluding hydrogens is 426 g/mol. The molecule has 1 aromatic rings. The third-order valence-electron chi connectivity index (χ3n) is 7.57. The van der Waals surface area contributed by atoms with Crippen LogP contribution >= 0.6 is 11.9 Å². The molecule has 184 valence electrons. The average Bonchev–Trinajstić information content (AvgIpc) is 2.80. The number of likely N-dealkylation sites (N-methyl/N-ethyl adjacent to an activating group) is 1. The number of nitrogens with one attached hydrogen (secondary N) is 1. The molecule has 2 saturated heterocycles. The zero-order valence-electron chi connectivity index (χ0n) is 21.7. The lowest BCUT2D eigenvalue weighted by Crippen LogP contribution is -2.50. The van der Waals surface area contributed by atoms with Gasteiger partial charge in [-0.25, -0.2) is 0 Å². The van der Waals surface area contributed by atoms with Gasteiger partial charge in [-0.3, -0.25) is 9.29 Å². The third-order valence-corrected chi connectivity index (χ3v) is 8.46. The van der Waals surface area contributed by atoms with E-state index in [-0.39, 0.29) is 5.54 Å². The van der Waals surface area contributed by atoms with E-state index in [1.54, 1.807) is 0 Å². The van der Waals surface area contributed by atoms with Crippen LogP contribution in [0, 0.1) is 0 Å². The highest BCUT2D eigenvalue weighted by molar-refractivity contribution is 7.96. The second-order valence-corrected chi connectivity index (χ2v) is 11.4. The molecule has 2 fully saturated rings. The van der Waals surface area contributed by atoms with Crippen molar-refractivity contribution < 1.29 is 0 Å². The van der Waals surface area contributed by atoms with Crippen molar-refractivity contribution in [2.24, 2.45) is 0 Å². The molecule has 1 aromatic heterocycles. The van der Waals surface area contributed by atoms with Crippen LogP contribution in [0.5, 0.6) is 0 Å². The number of hydrogen-bond acceptors (Lipinski definition) is 6. The molecule has 1 N–H and O–H groups in total. The van der Waals surface area contributed by atoms with E-state index >= 15 is 0 Å². The van der Waals surface area contributed by atoms with E-state index in [0.717, 1.165) is 45.6 Å². The summed E-state index contributed by atoms with van der Waals surface area (Å²) in [5.41, 5.74) is 5.12. The molecule has 5 nitrogen and oxygen atoms in total. The molecule has 0 atom stereocenters. The van der Waals surface area contributed by atoms with Crippen molar-refractivity contribution in [3.05, 3.63) is 41.4 Å². The molecule has 2 aliphatic rings. The number of nitrogens with zero attached hydrogens (tertiary/aromatic N) is 4. The van der Waals surface area contributed by atoms with Crippen molar-refractivity contribution in [2.45, 2.75) is 64.0 Å². The summed E-state index contributed by atoms with van der Waals surface area (Å²) in [6.45, 7) is 16.7. The second-order valence-electron chi connectivity index (χ2n) is 10.5. The van der Waals surface area contributed by atoms with Crippen molar-refractivity contribution >= 4 is 24.1 Å². The predicted molar refractivity (Wildman–Crippen MR) is 145 cm³/mol. The van der Waals surface area contributed by atoms with E-state index in [0.29, 0.717) is 12.0 Å². The van der Waals surface area contributed by atoms with Gasteiger partial charge in [0, 0.05) is 54.6 Å². The van der Waals surface area contributed by atoms with E-state index in [9.17, 15) is 0 Å². The molecule has 0 aliphatic carbocycles. The van der Waals surface area contributed by atoms with Crippen LogP contribution in [0.15, 0.2) is 24.5 Å². The standard InChI is InChI=1S/C27H45N5S/c1-8-22-9-14-28-26(23-10-15-31(16-11-23)20-27(3,4)30(5)6)25(22)19-21(2)29-24-12-17-32(33-7)18-13-24/h8-9,14,19,23-24,29H,1,10-13,15-18,20H2,2-7H3/b21-19+. The van der Waals surface area contributed by atoms with E-state index in [1.165, 1.54) is 35.4 Å². The lowest BCUT2D eigenvalue weighted by atomic mass is 9.87. The number of likely N-dealkylation sites (tertiary alicyclic amines) is 1. The number of piperidine rings is 2. The molecule has 0 radical (unpaired) electrons. The normalized spacial score (nSPS) is 20.4. The zero-order valence-corrected chi connectivity index (χ0v) is 22.5. The highest BCUT2D eigenvalue weighted by atomic mass is 32.2. The van der Waals surface area contributed by atoms with Gasteiger partial charge >= 0.3 is 0 Å². The summed E-state index contributed by atoms with van der Waals surface area (Å²) >= 11 is 1.86. The van der Waals surface area contributed by atoms with E-state index < -0.39 is 0 Å². The second kappa shape index (κ2) is 11.9. The predicted octanol–water partition coefficient (Wildman–Crippen LogP) is 4.94. The Hall–Kier alpha value is -1.34. The molecule has 3 rings (SSSR count). The summed E-state index contributed by atoms with van der Waals surface area (Å²) < 4.78 is 2.46. The van der Waals surface area contributed by atoms with Crippen LogP contribution in [0.4, 0.5) is 0 Å². The minimum atomic E-state index is 0.191. The van der Waals surface area contributed by atoms with Gasteiger partial charge in [0.1, 0.15) is 0 Å². The topological polar surface area (TPSA) is 34.6 Å². The van der Waals surface area contributed by atoms with Crippen molar-refractivity contribution in [3.63, 3.8) is 0 Å². The van der Waals surface area contributed by atoms with Crippen molar-refractivity contribution in [1.29, 1.82) is 0 Å². The molecule has 0 aromatic carbocycles. The molecular formula is C27H45N5S. The van der Waals surface area contributed by atoms with Gasteiger partial charge in [-0.15, -0.1) is 0 Å². The van der Waals surface area contributed by atoms with E-state index in [1.807, 2.05) is 24.2 Å². The Morgan fingerprint density at radius 1 is 1.21 bits per heavy atom. The van der Waals surface area contributed by atoms with Crippen LogP contribution in [-0.4, -0.2) is 83.7 Å². The fraction of sp³-hybridized carbons (Fsp3) is 0.667. The van der Waals surface area contributed by atoms with Crippen LogP contribution in [0.1, 0.15) is 69.2 Å². The lowest BCUT2D eigenvalue weighted by molar-refractivity contribution is 0.101. The highest BCUT2D eigenvalue weighted by Gasteiger charge is 2.29. The van der Waals surface area contributed by atoms with Gasteiger partial charge in [0.25, 0.3) is 0 Å². The van der Waals surface area contributed by atoms with Gasteiger partial charge < -0.3 is 15.1 Å². The molecule has 0 spiro atoms. The first-order valence-corrected chi connectivity index (χ1v) is 13.7. The minimum absolute atomic E-state index is 0.191. The van der Waals surface area contributed by atoms with Crippen LogP contribution < -0.4 is 5.32 Å². The molecule has 0 amide bonds. The zero-order chi connectivity index (χ0) is 24.0. The van der Waals surface area contributed by atoms with Gasteiger partial charge in [0.05, 0.1) is 5.69 Å². The SMILES string of the molecule is C=Cc1ccnc(C2CCN(CC(C)(C)N(C)C)CC2)c1/C=C(\C)NC1CCN(SC)CC1. The highest BCUT2D eigenvalue weighted by Crippen LogP contribution is 2.32. The molecule has 3 heterocycles. The summed E-state index contributed by atoms with van der Waals surface area (Å²) in [7, 11) is 4.36. The first-order chi connectivity index (χ1) is 15.7. The van der Waals surface area contributed by atoms with Crippen LogP contribution in [-0.2, 0) is 0 Å². The number of hydrogen-bond donors (Lipinski definition) is 1. The summed E-state index contributed by atoms with van der Waals surface area (Å²) in [5, 5.41) is 3.79. The Labute approximate surface area is 206 Å². The molecule has 0 unspecified atom stereocenters. The summed E-state index contributed by atoms with van der Waals surface area (Å²) in [6.07, 6.45) is 13.2. The first-order valence-electron chi connectivity index (χ1n) is 12.5. The Balaban J connectivity index is 1.69. The molecule has 33 heavy (non-hydrogen) atoms. The monoisotopic (exact) mass is 471 g/mol. The molecule has 0 saturated carbocycles. The molecule has 6 heteroatoms. The largest absolute Gasteiger partial charge is 0.386 e. The maximum absolute atomic E-state index is 4.90. The van der Waals surface area contributed by atoms with Crippen LogP contribution in [0.25, 0.3) is 12.2 Å². The van der Waals surface area contributed by atoms with Crippen molar-refractivity contribution in [1.82, 2.24) is 24.4 Å². The smallest absolute Gasteiger partial charge is 0.0514 e. The van der Waals surface area contributed by atoms with Gasteiger partial charge in [0.2, 0.25) is 0 Å². The maximum Gasteiger partial charge on any atom is 0.0514 e. The Morgan fingerprint density at radius 3 is 2.45 bits per heavy atom. The molecule has 2 aliphatic heterocycles. The lowest BCUT2D eigenvalue weighted by Gasteiger charge is -2.40. The molecule has 0 bridgehead atoms. The summed E-state index contributed by atoms with van der Waals surface area (Å²) in [6, 6.07) is 2.65. The number of pyridine rings is 1. The van der Waals surface area contributed by atoms with Gasteiger partial charge in [-0.05, 0) is 97.6 Å². The number of rotatable bonds is 9.